The number of fused-ring (bicyclic) bond motifs is 1. The molecular weight excluding hydrogens is 392 g/mol. The number of hydrogen-bond acceptors (Lipinski definition) is 4. The molecule has 0 saturated carbocycles. The van der Waals surface area contributed by atoms with Crippen LogP contribution in [0.4, 0.5) is 0 Å². The van der Waals surface area contributed by atoms with Gasteiger partial charge >= 0.3 is 0 Å². The summed E-state index contributed by atoms with van der Waals surface area (Å²) < 4.78 is 6.22. The summed E-state index contributed by atoms with van der Waals surface area (Å²) in [5, 5.41) is 6.60. The maximum atomic E-state index is 12.2. The summed E-state index contributed by atoms with van der Waals surface area (Å²) in [5.74, 6) is 0.876. The third-order valence-corrected chi connectivity index (χ3v) is 5.81. The normalized spacial score (nSPS) is 15.2. The molecule has 2 aromatic carbocycles. The van der Waals surface area contributed by atoms with Crippen LogP contribution in [0, 0.1) is 13.8 Å². The lowest BCUT2D eigenvalue weighted by Gasteiger charge is -2.14. The fraction of sp³-hybridized carbons (Fsp3) is 0.273. The first-order valence-corrected chi connectivity index (χ1v) is 10.5. The Labute approximate surface area is 173 Å². The Morgan fingerprint density at radius 3 is 2.79 bits per heavy atom. The molecule has 0 bridgehead atoms. The molecule has 0 unspecified atom stereocenters. The van der Waals surface area contributed by atoms with Gasteiger partial charge in [-0.05, 0) is 48.7 Å². The molecule has 1 amide bonds. The van der Waals surface area contributed by atoms with E-state index in [9.17, 15) is 4.79 Å². The van der Waals surface area contributed by atoms with Crippen molar-refractivity contribution in [1.29, 1.82) is 0 Å². The highest BCUT2D eigenvalue weighted by molar-refractivity contribution is 7.09. The zero-order chi connectivity index (χ0) is 19.7. The van der Waals surface area contributed by atoms with Crippen molar-refractivity contribution in [2.45, 2.75) is 32.8 Å². The smallest absolute Gasteiger partial charge is 0.226 e. The van der Waals surface area contributed by atoms with E-state index in [1.807, 2.05) is 36.6 Å². The molecule has 1 aliphatic heterocycles. The van der Waals surface area contributed by atoms with Gasteiger partial charge < -0.3 is 10.1 Å². The molecule has 1 N–H and O–H groups in total. The van der Waals surface area contributed by atoms with Gasteiger partial charge in [0.1, 0.15) is 11.9 Å². The zero-order valence-electron chi connectivity index (χ0n) is 15.8. The van der Waals surface area contributed by atoms with E-state index in [2.05, 4.69) is 29.4 Å². The highest BCUT2D eigenvalue weighted by Gasteiger charge is 2.26. The first-order valence-electron chi connectivity index (χ1n) is 9.22. The van der Waals surface area contributed by atoms with E-state index < -0.39 is 0 Å². The largest absolute Gasteiger partial charge is 0.487 e. The van der Waals surface area contributed by atoms with E-state index in [0.717, 1.165) is 34.0 Å². The monoisotopic (exact) mass is 412 g/mol. The summed E-state index contributed by atoms with van der Waals surface area (Å²) in [6.07, 6.45) is 1.02. The Kier molecular flexibility index (Phi) is 5.38. The molecule has 0 aliphatic carbocycles. The summed E-state index contributed by atoms with van der Waals surface area (Å²) in [5.41, 5.74) is 5.33. The van der Waals surface area contributed by atoms with Crippen LogP contribution >= 0.6 is 22.9 Å². The topological polar surface area (TPSA) is 51.2 Å². The van der Waals surface area contributed by atoms with Gasteiger partial charge in [-0.2, -0.15) is 0 Å². The van der Waals surface area contributed by atoms with Crippen molar-refractivity contribution in [3.8, 4) is 16.9 Å². The van der Waals surface area contributed by atoms with Crippen LogP contribution < -0.4 is 10.1 Å². The number of benzene rings is 2. The minimum atomic E-state index is -0.0658. The molecule has 4 nitrogen and oxygen atoms in total. The second kappa shape index (κ2) is 7.94. The molecule has 4 rings (SSSR count). The van der Waals surface area contributed by atoms with Crippen molar-refractivity contribution >= 4 is 28.8 Å². The van der Waals surface area contributed by atoms with E-state index in [1.54, 1.807) is 11.3 Å². The van der Waals surface area contributed by atoms with Gasteiger partial charge in [-0.3, -0.25) is 4.79 Å². The highest BCUT2D eigenvalue weighted by atomic mass is 35.5. The van der Waals surface area contributed by atoms with Gasteiger partial charge in [0.2, 0.25) is 5.91 Å². The Morgan fingerprint density at radius 2 is 2.07 bits per heavy atom. The lowest BCUT2D eigenvalue weighted by atomic mass is 9.98. The van der Waals surface area contributed by atoms with Crippen molar-refractivity contribution in [3.63, 3.8) is 0 Å². The highest BCUT2D eigenvalue weighted by Crippen LogP contribution is 2.40. The van der Waals surface area contributed by atoms with Crippen molar-refractivity contribution in [1.82, 2.24) is 10.3 Å². The van der Waals surface area contributed by atoms with E-state index >= 15 is 0 Å². The predicted octanol–water partition coefficient (Wildman–Crippen LogP) is 4.74. The number of aryl methyl sites for hydroxylation is 2. The SMILES string of the molecule is Cc1cc2c(c(-c3ccc(Cl)cc3)c1)O[C@@H](CNC(=O)Cc1csc(C)n1)C2. The number of nitrogens with zero attached hydrogens (tertiary/aromatic N) is 1. The summed E-state index contributed by atoms with van der Waals surface area (Å²) in [6, 6.07) is 12.1. The minimum absolute atomic E-state index is 0.0287. The van der Waals surface area contributed by atoms with E-state index in [4.69, 9.17) is 16.3 Å². The van der Waals surface area contributed by atoms with Crippen molar-refractivity contribution < 1.29 is 9.53 Å². The quantitative estimate of drug-likeness (QED) is 0.658. The molecule has 0 radical (unpaired) electrons. The number of carbonyl (C=O) groups excluding carboxylic acids is 1. The maximum absolute atomic E-state index is 12.2. The van der Waals surface area contributed by atoms with Crippen LogP contribution in [0.5, 0.6) is 5.75 Å². The molecule has 1 aliphatic rings. The van der Waals surface area contributed by atoms with Crippen LogP contribution in [0.3, 0.4) is 0 Å². The molecule has 144 valence electrons. The van der Waals surface area contributed by atoms with Crippen LogP contribution in [0.1, 0.15) is 21.8 Å². The van der Waals surface area contributed by atoms with Gasteiger partial charge in [0.25, 0.3) is 0 Å². The zero-order valence-corrected chi connectivity index (χ0v) is 17.4. The molecule has 3 aromatic rings. The lowest BCUT2D eigenvalue weighted by molar-refractivity contribution is -0.120. The Morgan fingerprint density at radius 1 is 1.29 bits per heavy atom. The van der Waals surface area contributed by atoms with Crippen LogP contribution in [-0.2, 0) is 17.6 Å². The van der Waals surface area contributed by atoms with Gasteiger partial charge in [-0.1, -0.05) is 29.8 Å². The number of nitrogens with one attached hydrogen (secondary N) is 1. The first-order chi connectivity index (χ1) is 13.5. The molecule has 0 spiro atoms. The minimum Gasteiger partial charge on any atom is -0.487 e. The maximum Gasteiger partial charge on any atom is 0.226 e. The number of carbonyl (C=O) groups is 1. The predicted molar refractivity (Wildman–Crippen MR) is 113 cm³/mol. The molecule has 2 heterocycles. The molecule has 0 fully saturated rings. The number of thiazole rings is 1. The van der Waals surface area contributed by atoms with E-state index in [-0.39, 0.29) is 12.0 Å². The standard InChI is InChI=1S/C22H21ClN2O2S/c1-13-7-16-9-19(11-24-21(26)10-18-12-28-14(2)25-18)27-22(16)20(8-13)15-3-5-17(23)6-4-15/h3-8,12,19H,9-11H2,1-2H3,(H,24,26)/t19-/m1/s1. The second-order valence-electron chi connectivity index (χ2n) is 7.09. The number of hydrogen-bond donors (Lipinski definition) is 1. The Hall–Kier alpha value is -2.37. The molecule has 1 aromatic heterocycles. The summed E-state index contributed by atoms with van der Waals surface area (Å²) >= 11 is 7.58. The van der Waals surface area contributed by atoms with Crippen molar-refractivity contribution in [2.24, 2.45) is 0 Å². The van der Waals surface area contributed by atoms with Crippen molar-refractivity contribution in [3.05, 3.63) is 68.6 Å². The fourth-order valence-electron chi connectivity index (χ4n) is 3.49. The van der Waals surface area contributed by atoms with Gasteiger partial charge in [-0.15, -0.1) is 11.3 Å². The second-order valence-corrected chi connectivity index (χ2v) is 8.59. The third-order valence-electron chi connectivity index (χ3n) is 4.73. The number of amides is 1. The summed E-state index contributed by atoms with van der Waals surface area (Å²) in [4.78, 5) is 16.6. The van der Waals surface area contributed by atoms with Gasteiger partial charge in [0.15, 0.2) is 0 Å². The van der Waals surface area contributed by atoms with Crippen LogP contribution in [0.15, 0.2) is 41.8 Å². The lowest BCUT2D eigenvalue weighted by Crippen LogP contribution is -2.35. The summed E-state index contributed by atoms with van der Waals surface area (Å²) in [6.45, 7) is 4.51. The Bertz CT molecular complexity index is 1010. The van der Waals surface area contributed by atoms with Crippen LogP contribution in [0.2, 0.25) is 5.02 Å². The number of aromatic nitrogens is 1. The van der Waals surface area contributed by atoms with Crippen molar-refractivity contribution in [2.75, 3.05) is 6.54 Å². The average Bonchev–Trinajstić information content (AvgIpc) is 3.25. The first kappa shape index (κ1) is 19.0. The summed E-state index contributed by atoms with van der Waals surface area (Å²) in [7, 11) is 0. The number of ether oxygens (including phenoxy) is 1. The van der Waals surface area contributed by atoms with Gasteiger partial charge in [-0.25, -0.2) is 4.98 Å². The van der Waals surface area contributed by atoms with Gasteiger partial charge in [0.05, 0.1) is 23.7 Å². The molecule has 0 saturated heterocycles. The van der Waals surface area contributed by atoms with E-state index in [0.29, 0.717) is 18.0 Å². The van der Waals surface area contributed by atoms with E-state index in [1.165, 1.54) is 11.1 Å². The molecule has 1 atom stereocenters. The third kappa shape index (κ3) is 4.21. The van der Waals surface area contributed by atoms with Crippen LogP contribution in [-0.4, -0.2) is 23.5 Å². The molecule has 28 heavy (non-hydrogen) atoms. The number of halogens is 1. The van der Waals surface area contributed by atoms with Gasteiger partial charge in [0, 0.05) is 22.4 Å². The number of rotatable bonds is 5. The Balaban J connectivity index is 1.44. The average molecular weight is 413 g/mol. The van der Waals surface area contributed by atoms with Crippen LogP contribution in [0.25, 0.3) is 11.1 Å². The fourth-order valence-corrected chi connectivity index (χ4v) is 4.23. The molecular formula is C22H21ClN2O2S. The molecule has 6 heteroatoms.